The summed E-state index contributed by atoms with van der Waals surface area (Å²) >= 11 is 1.41. The maximum atomic E-state index is 12.3. The second kappa shape index (κ2) is 9.14. The van der Waals surface area contributed by atoms with Crippen LogP contribution in [-0.2, 0) is 4.79 Å². The lowest BCUT2D eigenvalue weighted by Crippen LogP contribution is -2.12. The first-order chi connectivity index (χ1) is 10.1. The highest BCUT2D eigenvalue weighted by Gasteiger charge is 2.35. The van der Waals surface area contributed by atoms with Crippen molar-refractivity contribution in [2.75, 3.05) is 5.32 Å². The highest BCUT2D eigenvalue weighted by molar-refractivity contribution is 7.13. The molecule has 0 radical (unpaired) electrons. The number of halogens is 4. The van der Waals surface area contributed by atoms with Crippen LogP contribution in [0.4, 0.5) is 22.7 Å². The van der Waals surface area contributed by atoms with E-state index in [9.17, 15) is 22.4 Å². The van der Waals surface area contributed by atoms with E-state index in [2.05, 4.69) is 16.9 Å². The van der Waals surface area contributed by atoms with Gasteiger partial charge in [0.1, 0.15) is 5.83 Å². The quantitative estimate of drug-likeness (QED) is 0.621. The number of thiazole rings is 1. The summed E-state index contributed by atoms with van der Waals surface area (Å²) in [5.74, 6) is -1.54. The van der Waals surface area contributed by atoms with Crippen molar-refractivity contribution < 1.29 is 22.4 Å². The van der Waals surface area contributed by atoms with E-state index in [1.54, 1.807) is 13.1 Å². The lowest BCUT2D eigenvalue weighted by atomic mass is 10.1. The van der Waals surface area contributed by atoms with Gasteiger partial charge in [-0.15, -0.1) is 11.3 Å². The molecule has 0 aromatic carbocycles. The molecule has 0 bridgehead atoms. The van der Waals surface area contributed by atoms with E-state index < -0.39 is 17.6 Å². The van der Waals surface area contributed by atoms with E-state index in [1.165, 1.54) is 31.3 Å². The molecule has 122 valence electrons. The summed E-state index contributed by atoms with van der Waals surface area (Å²) in [7, 11) is 0. The largest absolute Gasteiger partial charge is 0.419 e. The Hall–Kier alpha value is -1.96. The number of rotatable bonds is 3. The van der Waals surface area contributed by atoms with Crippen molar-refractivity contribution >= 4 is 22.4 Å². The van der Waals surface area contributed by atoms with Crippen LogP contribution in [0.15, 0.2) is 47.3 Å². The fourth-order valence-corrected chi connectivity index (χ4v) is 1.64. The summed E-state index contributed by atoms with van der Waals surface area (Å²) in [5, 5.41) is 5.02. The van der Waals surface area contributed by atoms with Crippen LogP contribution in [0.25, 0.3) is 0 Å². The van der Waals surface area contributed by atoms with Crippen molar-refractivity contribution in [3.63, 3.8) is 0 Å². The van der Waals surface area contributed by atoms with Gasteiger partial charge < -0.3 is 5.32 Å². The predicted molar refractivity (Wildman–Crippen MR) is 80.2 cm³/mol. The number of aromatic nitrogens is 1. The number of hydrogen-bond acceptors (Lipinski definition) is 3. The number of amides is 1. The molecule has 1 amide bonds. The standard InChI is InChI=1S/C9H10F4.C5H6N2OS/c1-4-6(2)5-8(7(3)10)9(11,12)13;1-4(8)7-5-6-2-3-9-5/h4-5H,3H2,1-2H3;2-3H,1H3,(H,6,7,8)/b6-4-,8-5+;. The molecular formula is C14H16F4N2OS. The minimum atomic E-state index is -4.68. The third-order valence-electron chi connectivity index (χ3n) is 2.14. The Bertz CT molecular complexity index is 560. The van der Waals surface area contributed by atoms with E-state index in [0.29, 0.717) is 10.7 Å². The molecule has 0 fully saturated rings. The van der Waals surface area contributed by atoms with Gasteiger partial charge in [-0.05, 0) is 19.9 Å². The molecule has 0 saturated carbocycles. The van der Waals surface area contributed by atoms with Gasteiger partial charge >= 0.3 is 6.18 Å². The van der Waals surface area contributed by atoms with Crippen molar-refractivity contribution in [3.05, 3.63) is 47.3 Å². The highest BCUT2D eigenvalue weighted by atomic mass is 32.1. The van der Waals surface area contributed by atoms with Crippen molar-refractivity contribution in [2.24, 2.45) is 0 Å². The third kappa shape index (κ3) is 8.35. The summed E-state index contributed by atoms with van der Waals surface area (Å²) in [6, 6.07) is 0. The molecular weight excluding hydrogens is 320 g/mol. The highest BCUT2D eigenvalue weighted by Crippen LogP contribution is 2.31. The number of hydrogen-bond donors (Lipinski definition) is 1. The molecule has 0 aliphatic carbocycles. The predicted octanol–water partition coefficient (Wildman–Crippen LogP) is 5.03. The summed E-state index contributed by atoms with van der Waals surface area (Å²) in [4.78, 5) is 14.2. The van der Waals surface area contributed by atoms with Crippen LogP contribution in [0, 0.1) is 0 Å². The maximum Gasteiger partial charge on any atom is 0.419 e. The smallest absolute Gasteiger partial charge is 0.302 e. The number of carbonyl (C=O) groups excluding carboxylic acids is 1. The van der Waals surface area contributed by atoms with Gasteiger partial charge in [0.2, 0.25) is 5.91 Å². The molecule has 1 aromatic heterocycles. The second-order valence-corrected chi connectivity index (χ2v) is 4.91. The molecule has 1 N–H and O–H groups in total. The maximum absolute atomic E-state index is 12.3. The van der Waals surface area contributed by atoms with E-state index in [0.717, 1.165) is 6.08 Å². The molecule has 0 unspecified atom stereocenters. The number of nitrogens with one attached hydrogen (secondary N) is 1. The van der Waals surface area contributed by atoms with E-state index in [1.807, 2.05) is 5.38 Å². The van der Waals surface area contributed by atoms with Gasteiger partial charge in [-0.3, -0.25) is 4.79 Å². The Morgan fingerprint density at radius 1 is 1.41 bits per heavy atom. The van der Waals surface area contributed by atoms with Gasteiger partial charge in [0.05, 0.1) is 5.57 Å². The number of carbonyl (C=O) groups is 1. The molecule has 1 heterocycles. The second-order valence-electron chi connectivity index (χ2n) is 4.01. The van der Waals surface area contributed by atoms with E-state index >= 15 is 0 Å². The van der Waals surface area contributed by atoms with Crippen LogP contribution < -0.4 is 5.32 Å². The fourth-order valence-electron chi connectivity index (χ4n) is 1.06. The lowest BCUT2D eigenvalue weighted by molar-refractivity contribution is -0.114. The van der Waals surface area contributed by atoms with Gasteiger partial charge in [-0.2, -0.15) is 13.2 Å². The fraction of sp³-hybridized carbons (Fsp3) is 0.286. The zero-order valence-electron chi connectivity index (χ0n) is 12.3. The average Bonchev–Trinajstić information content (AvgIpc) is 2.86. The third-order valence-corrected chi connectivity index (χ3v) is 2.83. The van der Waals surface area contributed by atoms with Gasteiger partial charge in [0, 0.05) is 18.5 Å². The summed E-state index contributed by atoms with van der Waals surface area (Å²) in [5.41, 5.74) is -0.991. The molecule has 1 aromatic rings. The Labute approximate surface area is 130 Å². The zero-order chi connectivity index (χ0) is 17.3. The van der Waals surface area contributed by atoms with Crippen LogP contribution in [0.1, 0.15) is 20.8 Å². The first-order valence-electron chi connectivity index (χ1n) is 6.01. The SMILES string of the molecule is C=C(F)/C(=C\C(C)=C/C)C(F)(F)F.CC(=O)Nc1nccs1. The summed E-state index contributed by atoms with van der Waals surface area (Å²) < 4.78 is 48.6. The van der Waals surface area contributed by atoms with E-state index in [-0.39, 0.29) is 5.91 Å². The Kier molecular flexibility index (Phi) is 8.32. The van der Waals surface area contributed by atoms with E-state index in [4.69, 9.17) is 0 Å². The number of alkyl halides is 3. The number of allylic oxidation sites excluding steroid dienone is 5. The van der Waals surface area contributed by atoms with Gasteiger partial charge in [0.25, 0.3) is 0 Å². The molecule has 0 spiro atoms. The minimum Gasteiger partial charge on any atom is -0.302 e. The average molecular weight is 336 g/mol. The summed E-state index contributed by atoms with van der Waals surface area (Å²) in [6.45, 7) is 7.11. The Morgan fingerprint density at radius 3 is 2.32 bits per heavy atom. The van der Waals surface area contributed by atoms with Crippen molar-refractivity contribution in [1.82, 2.24) is 4.98 Å². The van der Waals surface area contributed by atoms with Gasteiger partial charge in [-0.1, -0.05) is 18.2 Å². The van der Waals surface area contributed by atoms with Crippen molar-refractivity contribution in [2.45, 2.75) is 26.9 Å². The summed E-state index contributed by atoms with van der Waals surface area (Å²) in [6.07, 6.45) is -0.858. The van der Waals surface area contributed by atoms with Gasteiger partial charge in [0.15, 0.2) is 5.13 Å². The zero-order valence-corrected chi connectivity index (χ0v) is 13.1. The molecule has 0 atom stereocenters. The molecule has 0 saturated heterocycles. The van der Waals surface area contributed by atoms with Crippen LogP contribution in [0.3, 0.4) is 0 Å². The lowest BCUT2D eigenvalue weighted by Gasteiger charge is -2.08. The monoisotopic (exact) mass is 336 g/mol. The Morgan fingerprint density at radius 2 is 2.00 bits per heavy atom. The molecule has 22 heavy (non-hydrogen) atoms. The van der Waals surface area contributed by atoms with Gasteiger partial charge in [-0.25, -0.2) is 9.37 Å². The van der Waals surface area contributed by atoms with Crippen molar-refractivity contribution in [3.8, 4) is 0 Å². The normalized spacial score (nSPS) is 12.3. The molecule has 1 rings (SSSR count). The van der Waals surface area contributed by atoms with Crippen molar-refractivity contribution in [1.29, 1.82) is 0 Å². The first-order valence-corrected chi connectivity index (χ1v) is 6.89. The molecule has 0 aliphatic heterocycles. The molecule has 3 nitrogen and oxygen atoms in total. The van der Waals surface area contributed by atoms with Crippen LogP contribution in [-0.4, -0.2) is 17.1 Å². The minimum absolute atomic E-state index is 0.0787. The van der Waals surface area contributed by atoms with Crippen LogP contribution >= 0.6 is 11.3 Å². The molecule has 0 aliphatic rings. The van der Waals surface area contributed by atoms with Crippen LogP contribution in [0.2, 0.25) is 0 Å². The number of anilines is 1. The number of nitrogens with zero attached hydrogens (tertiary/aromatic N) is 1. The molecule has 8 heteroatoms. The first kappa shape index (κ1) is 20.0. The Balaban J connectivity index is 0.000000425. The van der Waals surface area contributed by atoms with Crippen LogP contribution in [0.5, 0.6) is 0 Å². The topological polar surface area (TPSA) is 42.0 Å².